The molecule has 2 atom stereocenters. The van der Waals surface area contributed by atoms with Gasteiger partial charge in [-0.25, -0.2) is 4.39 Å². The van der Waals surface area contributed by atoms with Crippen LogP contribution in [0.3, 0.4) is 0 Å². The van der Waals surface area contributed by atoms with Crippen molar-refractivity contribution >= 4 is 17.6 Å². The van der Waals surface area contributed by atoms with Crippen molar-refractivity contribution in [3.05, 3.63) is 65.5 Å². The fraction of sp³-hybridized carbons (Fsp3) is 0.391. The van der Waals surface area contributed by atoms with Crippen LogP contribution in [0.25, 0.3) is 0 Å². The van der Waals surface area contributed by atoms with Gasteiger partial charge in [0.25, 0.3) is 0 Å². The van der Waals surface area contributed by atoms with Crippen molar-refractivity contribution in [1.29, 1.82) is 0 Å². The van der Waals surface area contributed by atoms with Gasteiger partial charge in [-0.05, 0) is 54.5 Å². The first-order chi connectivity index (χ1) is 14.1. The van der Waals surface area contributed by atoms with Gasteiger partial charge in [-0.15, -0.1) is 0 Å². The molecule has 1 saturated heterocycles. The fourth-order valence-electron chi connectivity index (χ4n) is 4.37. The van der Waals surface area contributed by atoms with Gasteiger partial charge in [-0.3, -0.25) is 9.79 Å². The van der Waals surface area contributed by atoms with E-state index in [-0.39, 0.29) is 17.6 Å². The number of guanidine groups is 1. The van der Waals surface area contributed by atoms with Crippen LogP contribution in [0.2, 0.25) is 0 Å². The topological polar surface area (TPSA) is 56.7 Å². The molecule has 0 aliphatic carbocycles. The van der Waals surface area contributed by atoms with Crippen LogP contribution < -0.4 is 10.6 Å². The van der Waals surface area contributed by atoms with Gasteiger partial charge in [0.2, 0.25) is 5.91 Å². The zero-order valence-electron chi connectivity index (χ0n) is 16.7. The number of carbonyl (C=O) groups excluding carboxylic acids is 1. The molecule has 0 spiro atoms. The Balaban J connectivity index is 1.28. The molecule has 152 valence electrons. The van der Waals surface area contributed by atoms with Gasteiger partial charge in [-0.2, -0.15) is 0 Å². The summed E-state index contributed by atoms with van der Waals surface area (Å²) >= 11 is 0. The van der Waals surface area contributed by atoms with Crippen LogP contribution >= 0.6 is 0 Å². The van der Waals surface area contributed by atoms with E-state index in [0.29, 0.717) is 12.5 Å². The summed E-state index contributed by atoms with van der Waals surface area (Å²) in [5, 5.41) is 6.38. The molecule has 2 aromatic rings. The molecule has 1 fully saturated rings. The number of fused-ring (bicyclic) bond motifs is 1. The number of benzene rings is 2. The number of para-hydroxylation sites is 1. The molecule has 29 heavy (non-hydrogen) atoms. The average Bonchev–Trinajstić information content (AvgIpc) is 3.31. The van der Waals surface area contributed by atoms with Crippen LogP contribution in [0.1, 0.15) is 29.9 Å². The molecule has 0 saturated carbocycles. The molecule has 4 rings (SSSR count). The second-order valence-corrected chi connectivity index (χ2v) is 7.82. The molecule has 6 heteroatoms. The standard InChI is InChI=1S/C23H27FN4O/c1-25-23(26-12-10-20-19-4-2-3-5-21(19)27-22(20)29)28-13-11-17(15-28)14-16-6-8-18(24)9-7-16/h2-9,17,20H,10-15H2,1H3,(H,25,26)(H,27,29). The summed E-state index contributed by atoms with van der Waals surface area (Å²) in [5.74, 6) is 1.19. The maximum atomic E-state index is 13.1. The van der Waals surface area contributed by atoms with Gasteiger partial charge >= 0.3 is 0 Å². The van der Waals surface area contributed by atoms with E-state index >= 15 is 0 Å². The molecule has 2 aliphatic rings. The Morgan fingerprint density at radius 2 is 2.03 bits per heavy atom. The second kappa shape index (κ2) is 8.64. The third kappa shape index (κ3) is 4.42. The Morgan fingerprint density at radius 1 is 1.24 bits per heavy atom. The Bertz CT molecular complexity index is 896. The number of carbonyl (C=O) groups is 1. The summed E-state index contributed by atoms with van der Waals surface area (Å²) < 4.78 is 13.1. The van der Waals surface area contributed by atoms with Crippen LogP contribution in [0.15, 0.2) is 53.5 Å². The summed E-state index contributed by atoms with van der Waals surface area (Å²) in [6.45, 7) is 2.58. The van der Waals surface area contributed by atoms with Gasteiger partial charge in [0.1, 0.15) is 5.82 Å². The Labute approximate surface area is 171 Å². The molecule has 0 radical (unpaired) electrons. The predicted octanol–water partition coefficient (Wildman–Crippen LogP) is 3.39. The van der Waals surface area contributed by atoms with E-state index in [2.05, 4.69) is 20.5 Å². The molecular formula is C23H27FN4O. The number of nitrogens with zero attached hydrogens (tertiary/aromatic N) is 2. The first-order valence-corrected chi connectivity index (χ1v) is 10.2. The van der Waals surface area contributed by atoms with Gasteiger partial charge in [0.05, 0.1) is 5.92 Å². The maximum Gasteiger partial charge on any atom is 0.232 e. The van der Waals surface area contributed by atoms with E-state index in [9.17, 15) is 9.18 Å². The monoisotopic (exact) mass is 394 g/mol. The zero-order valence-corrected chi connectivity index (χ0v) is 16.7. The van der Waals surface area contributed by atoms with E-state index < -0.39 is 0 Å². The largest absolute Gasteiger partial charge is 0.356 e. The van der Waals surface area contributed by atoms with Crippen molar-refractivity contribution in [3.8, 4) is 0 Å². The van der Waals surface area contributed by atoms with Gasteiger partial charge in [-0.1, -0.05) is 30.3 Å². The minimum absolute atomic E-state index is 0.0727. The lowest BCUT2D eigenvalue weighted by atomic mass is 9.97. The van der Waals surface area contributed by atoms with E-state index in [4.69, 9.17) is 0 Å². The van der Waals surface area contributed by atoms with Crippen LogP contribution in [0, 0.1) is 11.7 Å². The molecule has 0 bridgehead atoms. The number of halogens is 1. The minimum atomic E-state index is -0.190. The normalized spacial score (nSPS) is 21.2. The Kier molecular flexibility index (Phi) is 5.79. The van der Waals surface area contributed by atoms with E-state index in [1.807, 2.05) is 36.4 Å². The number of hydrogen-bond donors (Lipinski definition) is 2. The first-order valence-electron chi connectivity index (χ1n) is 10.2. The van der Waals surface area contributed by atoms with Crippen molar-refractivity contribution in [2.24, 2.45) is 10.9 Å². The summed E-state index contributed by atoms with van der Waals surface area (Å²) in [5.41, 5.74) is 3.18. The molecule has 0 aromatic heterocycles. The quantitative estimate of drug-likeness (QED) is 0.604. The van der Waals surface area contributed by atoms with Crippen molar-refractivity contribution in [2.45, 2.75) is 25.2 Å². The highest BCUT2D eigenvalue weighted by atomic mass is 19.1. The van der Waals surface area contributed by atoms with Crippen LogP contribution in [0.4, 0.5) is 10.1 Å². The maximum absolute atomic E-state index is 13.1. The molecule has 2 N–H and O–H groups in total. The molecule has 2 unspecified atom stereocenters. The number of rotatable bonds is 5. The molecule has 5 nitrogen and oxygen atoms in total. The highest BCUT2D eigenvalue weighted by Gasteiger charge is 2.30. The SMILES string of the molecule is CN=C(NCCC1C(=O)Nc2ccccc21)N1CCC(Cc2ccc(F)cc2)C1. The van der Waals surface area contributed by atoms with Crippen LogP contribution in [-0.4, -0.2) is 43.4 Å². The predicted molar refractivity (Wildman–Crippen MR) is 114 cm³/mol. The van der Waals surface area contributed by atoms with E-state index in [0.717, 1.165) is 49.6 Å². The van der Waals surface area contributed by atoms with Crippen molar-refractivity contribution in [2.75, 3.05) is 32.0 Å². The van der Waals surface area contributed by atoms with Crippen LogP contribution in [-0.2, 0) is 11.2 Å². The van der Waals surface area contributed by atoms with Crippen molar-refractivity contribution < 1.29 is 9.18 Å². The first kappa shape index (κ1) is 19.4. The molecule has 2 aromatic carbocycles. The Morgan fingerprint density at radius 3 is 2.83 bits per heavy atom. The Hall–Kier alpha value is -2.89. The number of hydrogen-bond acceptors (Lipinski definition) is 2. The summed E-state index contributed by atoms with van der Waals surface area (Å²) in [4.78, 5) is 19.0. The van der Waals surface area contributed by atoms with Gasteiger partial charge in [0.15, 0.2) is 5.96 Å². The van der Waals surface area contributed by atoms with E-state index in [1.54, 1.807) is 7.05 Å². The third-order valence-electron chi connectivity index (χ3n) is 5.86. The lowest BCUT2D eigenvalue weighted by Gasteiger charge is -2.22. The molecule has 2 heterocycles. The van der Waals surface area contributed by atoms with Crippen molar-refractivity contribution in [1.82, 2.24) is 10.2 Å². The van der Waals surface area contributed by atoms with Crippen LogP contribution in [0.5, 0.6) is 0 Å². The summed E-state index contributed by atoms with van der Waals surface area (Å²) in [6, 6.07) is 14.7. The molecule has 1 amide bonds. The average molecular weight is 394 g/mol. The number of amides is 1. The van der Waals surface area contributed by atoms with Crippen molar-refractivity contribution in [3.63, 3.8) is 0 Å². The second-order valence-electron chi connectivity index (χ2n) is 7.82. The van der Waals surface area contributed by atoms with Gasteiger partial charge in [0, 0.05) is 32.4 Å². The highest BCUT2D eigenvalue weighted by Crippen LogP contribution is 2.34. The van der Waals surface area contributed by atoms with Gasteiger partial charge < -0.3 is 15.5 Å². The third-order valence-corrected chi connectivity index (χ3v) is 5.86. The summed E-state index contributed by atoms with van der Waals surface area (Å²) in [7, 11) is 1.80. The number of nitrogens with one attached hydrogen (secondary N) is 2. The zero-order chi connectivity index (χ0) is 20.2. The number of likely N-dealkylation sites (tertiary alicyclic amines) is 1. The smallest absolute Gasteiger partial charge is 0.232 e. The summed E-state index contributed by atoms with van der Waals surface area (Å²) in [6.07, 6.45) is 2.78. The van der Waals surface area contributed by atoms with E-state index in [1.165, 1.54) is 17.7 Å². The molecule has 2 aliphatic heterocycles. The minimum Gasteiger partial charge on any atom is -0.356 e. The lowest BCUT2D eigenvalue weighted by Crippen LogP contribution is -2.41. The number of anilines is 1. The number of aliphatic imine (C=N–C) groups is 1. The highest BCUT2D eigenvalue weighted by molar-refractivity contribution is 6.02. The lowest BCUT2D eigenvalue weighted by molar-refractivity contribution is -0.117. The fourth-order valence-corrected chi connectivity index (χ4v) is 4.37. The molecular weight excluding hydrogens is 367 g/mol.